The lowest BCUT2D eigenvalue weighted by Gasteiger charge is -2.35. The van der Waals surface area contributed by atoms with Gasteiger partial charge < -0.3 is 15.1 Å². The topological polar surface area (TPSA) is 104 Å². The molecule has 0 radical (unpaired) electrons. The van der Waals surface area contributed by atoms with Crippen molar-refractivity contribution >= 4 is 23.5 Å². The molecule has 0 spiro atoms. The molecule has 2 amide bonds. The minimum Gasteiger partial charge on any atom is -0.352 e. The largest absolute Gasteiger partial charge is 0.352 e. The highest BCUT2D eigenvalue weighted by molar-refractivity contribution is 5.87. The number of carbonyl (C=O) groups excluding carboxylic acids is 2. The highest BCUT2D eigenvalue weighted by atomic mass is 16.2. The summed E-state index contributed by atoms with van der Waals surface area (Å²) in [6.07, 6.45) is 0.192. The molecular weight excluding hydrogens is 334 g/mol. The molecular formula is C17H21N7O2. The Balaban J connectivity index is 1.52. The maximum Gasteiger partial charge on any atom is 0.228 e. The van der Waals surface area contributed by atoms with Crippen LogP contribution in [-0.4, -0.2) is 63.3 Å². The molecule has 1 N–H and O–H groups in total. The summed E-state index contributed by atoms with van der Waals surface area (Å²) in [5.74, 6) is 1.02. The summed E-state index contributed by atoms with van der Waals surface area (Å²) in [6.45, 7) is 6.00. The Bertz CT molecular complexity index is 769. The van der Waals surface area contributed by atoms with Crippen LogP contribution in [0.5, 0.6) is 0 Å². The van der Waals surface area contributed by atoms with E-state index in [-0.39, 0.29) is 18.2 Å². The van der Waals surface area contributed by atoms with Gasteiger partial charge in [-0.2, -0.15) is 10.2 Å². The Labute approximate surface area is 151 Å². The van der Waals surface area contributed by atoms with Crippen molar-refractivity contribution in [3.05, 3.63) is 35.7 Å². The lowest BCUT2D eigenvalue weighted by Crippen LogP contribution is -2.49. The fourth-order valence-electron chi connectivity index (χ4n) is 2.71. The maximum atomic E-state index is 12.5. The molecule has 2 aromatic rings. The summed E-state index contributed by atoms with van der Waals surface area (Å²) in [5, 5.41) is 18.7. The van der Waals surface area contributed by atoms with Crippen molar-refractivity contribution < 1.29 is 9.59 Å². The van der Waals surface area contributed by atoms with E-state index >= 15 is 0 Å². The summed E-state index contributed by atoms with van der Waals surface area (Å²) < 4.78 is 0. The fraction of sp³-hybridized carbons (Fsp3) is 0.412. The second-order valence-corrected chi connectivity index (χ2v) is 6.17. The molecule has 1 aliphatic rings. The number of carbonyl (C=O) groups is 2. The smallest absolute Gasteiger partial charge is 0.228 e. The normalized spacial score (nSPS) is 14.2. The number of piperazine rings is 1. The number of rotatable bonds is 4. The highest BCUT2D eigenvalue weighted by Gasteiger charge is 2.22. The van der Waals surface area contributed by atoms with Gasteiger partial charge in [-0.05, 0) is 31.2 Å². The number of nitrogens with zero attached hydrogens (tertiary/aromatic N) is 6. The Hall–Kier alpha value is -3.10. The zero-order valence-corrected chi connectivity index (χ0v) is 14.8. The van der Waals surface area contributed by atoms with E-state index in [0.717, 1.165) is 24.6 Å². The van der Waals surface area contributed by atoms with Gasteiger partial charge in [0.2, 0.25) is 11.8 Å². The van der Waals surface area contributed by atoms with Crippen LogP contribution in [0.2, 0.25) is 0 Å². The molecule has 1 aliphatic heterocycles. The maximum absolute atomic E-state index is 12.5. The minimum absolute atomic E-state index is 0.0150. The van der Waals surface area contributed by atoms with Crippen LogP contribution in [0, 0.1) is 6.92 Å². The fourth-order valence-corrected chi connectivity index (χ4v) is 2.71. The zero-order chi connectivity index (χ0) is 18.5. The van der Waals surface area contributed by atoms with E-state index in [1.807, 2.05) is 24.0 Å². The van der Waals surface area contributed by atoms with Crippen molar-refractivity contribution in [2.45, 2.75) is 20.3 Å². The molecule has 0 atom stereocenters. The van der Waals surface area contributed by atoms with E-state index in [1.54, 1.807) is 12.1 Å². The Morgan fingerprint density at radius 2 is 1.77 bits per heavy atom. The second kappa shape index (κ2) is 7.85. The number of aromatic nitrogens is 4. The summed E-state index contributed by atoms with van der Waals surface area (Å²) in [4.78, 5) is 27.4. The van der Waals surface area contributed by atoms with Crippen LogP contribution in [-0.2, 0) is 16.0 Å². The first kappa shape index (κ1) is 17.7. The molecule has 136 valence electrons. The van der Waals surface area contributed by atoms with E-state index < -0.39 is 0 Å². The molecule has 1 saturated heterocycles. The van der Waals surface area contributed by atoms with Crippen molar-refractivity contribution in [1.29, 1.82) is 0 Å². The predicted octanol–water partition coefficient (Wildman–Crippen LogP) is 0.425. The average Bonchev–Trinajstić information content (AvgIpc) is 2.64. The van der Waals surface area contributed by atoms with Gasteiger partial charge in [-0.15, -0.1) is 10.2 Å². The number of hydrogen-bond donors (Lipinski definition) is 1. The van der Waals surface area contributed by atoms with Gasteiger partial charge in [0.25, 0.3) is 0 Å². The van der Waals surface area contributed by atoms with Crippen molar-refractivity contribution in [2.75, 3.05) is 36.4 Å². The quantitative estimate of drug-likeness (QED) is 0.848. The molecule has 0 unspecified atom stereocenters. The number of aryl methyl sites for hydroxylation is 1. The first-order valence-corrected chi connectivity index (χ1v) is 8.44. The van der Waals surface area contributed by atoms with Crippen molar-refractivity contribution in [1.82, 2.24) is 25.3 Å². The minimum atomic E-state index is -0.209. The monoisotopic (exact) mass is 355 g/mol. The van der Waals surface area contributed by atoms with E-state index in [0.29, 0.717) is 24.6 Å². The van der Waals surface area contributed by atoms with E-state index in [2.05, 4.69) is 30.6 Å². The Morgan fingerprint density at radius 3 is 2.35 bits per heavy atom. The Kier molecular flexibility index (Phi) is 5.35. The van der Waals surface area contributed by atoms with Crippen LogP contribution < -0.4 is 10.2 Å². The molecule has 2 aromatic heterocycles. The van der Waals surface area contributed by atoms with Crippen LogP contribution in [0.1, 0.15) is 18.3 Å². The third kappa shape index (κ3) is 4.50. The van der Waals surface area contributed by atoms with E-state index in [4.69, 9.17) is 0 Å². The van der Waals surface area contributed by atoms with Gasteiger partial charge in [0.15, 0.2) is 11.6 Å². The standard InChI is InChI=1S/C17H21N7O2/c1-12-3-6-16(22-19-12)23-7-9-24(10-8-23)17(26)11-14-4-5-15(21-20-14)18-13(2)25/h3-6H,7-11H2,1-2H3,(H,18,21,25). The van der Waals surface area contributed by atoms with Crippen molar-refractivity contribution in [3.8, 4) is 0 Å². The average molecular weight is 355 g/mol. The molecule has 0 bridgehead atoms. The van der Waals surface area contributed by atoms with Crippen molar-refractivity contribution in [3.63, 3.8) is 0 Å². The lowest BCUT2D eigenvalue weighted by molar-refractivity contribution is -0.130. The van der Waals surface area contributed by atoms with Gasteiger partial charge >= 0.3 is 0 Å². The molecule has 26 heavy (non-hydrogen) atoms. The summed E-state index contributed by atoms with van der Waals surface area (Å²) in [5.41, 5.74) is 1.46. The molecule has 3 rings (SSSR count). The molecule has 3 heterocycles. The van der Waals surface area contributed by atoms with Gasteiger partial charge in [0.05, 0.1) is 17.8 Å². The van der Waals surface area contributed by atoms with Gasteiger partial charge in [0, 0.05) is 33.1 Å². The number of nitrogens with one attached hydrogen (secondary N) is 1. The SMILES string of the molecule is CC(=O)Nc1ccc(CC(=O)N2CCN(c3ccc(C)nn3)CC2)nn1. The molecule has 9 heteroatoms. The van der Waals surface area contributed by atoms with Gasteiger partial charge in [0.1, 0.15) is 0 Å². The van der Waals surface area contributed by atoms with E-state index in [1.165, 1.54) is 6.92 Å². The van der Waals surface area contributed by atoms with Crippen LogP contribution >= 0.6 is 0 Å². The molecule has 9 nitrogen and oxygen atoms in total. The summed E-state index contributed by atoms with van der Waals surface area (Å²) >= 11 is 0. The molecule has 0 aromatic carbocycles. The van der Waals surface area contributed by atoms with Crippen LogP contribution in [0.4, 0.5) is 11.6 Å². The van der Waals surface area contributed by atoms with Gasteiger partial charge in [-0.25, -0.2) is 0 Å². The second-order valence-electron chi connectivity index (χ2n) is 6.17. The van der Waals surface area contributed by atoms with Gasteiger partial charge in [-0.3, -0.25) is 9.59 Å². The summed E-state index contributed by atoms with van der Waals surface area (Å²) in [7, 11) is 0. The summed E-state index contributed by atoms with van der Waals surface area (Å²) in [6, 6.07) is 7.23. The highest BCUT2D eigenvalue weighted by Crippen LogP contribution is 2.13. The van der Waals surface area contributed by atoms with Crippen molar-refractivity contribution in [2.24, 2.45) is 0 Å². The van der Waals surface area contributed by atoms with Crippen LogP contribution in [0.3, 0.4) is 0 Å². The zero-order valence-electron chi connectivity index (χ0n) is 14.8. The first-order chi connectivity index (χ1) is 12.5. The third-order valence-corrected chi connectivity index (χ3v) is 4.10. The third-order valence-electron chi connectivity index (χ3n) is 4.10. The molecule has 0 aliphatic carbocycles. The van der Waals surface area contributed by atoms with Crippen LogP contribution in [0.15, 0.2) is 24.3 Å². The first-order valence-electron chi connectivity index (χ1n) is 8.44. The Morgan fingerprint density at radius 1 is 1.00 bits per heavy atom. The van der Waals surface area contributed by atoms with Crippen LogP contribution in [0.25, 0.3) is 0 Å². The van der Waals surface area contributed by atoms with Gasteiger partial charge in [-0.1, -0.05) is 0 Å². The lowest BCUT2D eigenvalue weighted by atomic mass is 10.2. The van der Waals surface area contributed by atoms with E-state index in [9.17, 15) is 9.59 Å². The molecule has 0 saturated carbocycles. The predicted molar refractivity (Wildman–Crippen MR) is 95.6 cm³/mol. The number of hydrogen-bond acceptors (Lipinski definition) is 7. The molecule has 1 fully saturated rings. The number of amides is 2. The number of anilines is 2.